The fourth-order valence-electron chi connectivity index (χ4n) is 2.18. The van der Waals surface area contributed by atoms with Gasteiger partial charge in [-0.15, -0.1) is 23.7 Å². The van der Waals surface area contributed by atoms with Gasteiger partial charge in [0.05, 0.1) is 0 Å². The van der Waals surface area contributed by atoms with E-state index in [1.807, 2.05) is 11.3 Å². The van der Waals surface area contributed by atoms with E-state index in [0.717, 1.165) is 13.1 Å². The lowest BCUT2D eigenvalue weighted by atomic mass is 10.0. The molecule has 1 aromatic rings. The van der Waals surface area contributed by atoms with Crippen molar-refractivity contribution in [2.75, 3.05) is 13.1 Å². The van der Waals surface area contributed by atoms with Gasteiger partial charge in [0.15, 0.2) is 0 Å². The summed E-state index contributed by atoms with van der Waals surface area (Å²) in [5.41, 5.74) is 7.36. The van der Waals surface area contributed by atoms with E-state index in [0.29, 0.717) is 6.04 Å². The van der Waals surface area contributed by atoms with Crippen molar-refractivity contribution in [3.8, 4) is 0 Å². The molecule has 0 bridgehead atoms. The van der Waals surface area contributed by atoms with Crippen molar-refractivity contribution in [1.82, 2.24) is 4.90 Å². The molecule has 2 nitrogen and oxygen atoms in total. The van der Waals surface area contributed by atoms with Gasteiger partial charge in [-0.1, -0.05) is 0 Å². The standard InChI is InChI=1S/C11H18N2S.ClH/c1-8(12)7-13-5-3-11-10(9(13)2)4-6-14-11;/h4,6,8-9H,3,5,7,12H2,1-2H3;1H. The topological polar surface area (TPSA) is 29.3 Å². The minimum Gasteiger partial charge on any atom is -0.327 e. The van der Waals surface area contributed by atoms with Gasteiger partial charge < -0.3 is 5.73 Å². The van der Waals surface area contributed by atoms with Gasteiger partial charge >= 0.3 is 0 Å². The molecule has 2 rings (SSSR count). The largest absolute Gasteiger partial charge is 0.327 e. The number of rotatable bonds is 2. The van der Waals surface area contributed by atoms with Crippen LogP contribution in [0.3, 0.4) is 0 Å². The van der Waals surface area contributed by atoms with Crippen molar-refractivity contribution < 1.29 is 0 Å². The number of fused-ring (bicyclic) bond motifs is 1. The van der Waals surface area contributed by atoms with Crippen LogP contribution in [-0.2, 0) is 6.42 Å². The van der Waals surface area contributed by atoms with E-state index in [-0.39, 0.29) is 18.4 Å². The molecule has 15 heavy (non-hydrogen) atoms. The Kier molecular flexibility index (Phi) is 4.59. The molecule has 0 aromatic carbocycles. The lowest BCUT2D eigenvalue weighted by Gasteiger charge is -2.34. The molecule has 0 spiro atoms. The normalized spacial score (nSPS) is 23.0. The number of thiophene rings is 1. The van der Waals surface area contributed by atoms with Gasteiger partial charge in [-0.05, 0) is 37.3 Å². The first-order valence-electron chi connectivity index (χ1n) is 5.24. The first-order valence-corrected chi connectivity index (χ1v) is 6.12. The Bertz CT molecular complexity index is 311. The highest BCUT2D eigenvalue weighted by atomic mass is 35.5. The van der Waals surface area contributed by atoms with Gasteiger partial charge in [-0.25, -0.2) is 0 Å². The van der Waals surface area contributed by atoms with E-state index in [4.69, 9.17) is 5.73 Å². The summed E-state index contributed by atoms with van der Waals surface area (Å²) in [6.45, 7) is 6.54. The molecule has 86 valence electrons. The number of nitrogens with two attached hydrogens (primary N) is 1. The molecule has 2 N–H and O–H groups in total. The predicted molar refractivity (Wildman–Crippen MR) is 68.9 cm³/mol. The van der Waals surface area contributed by atoms with Crippen LogP contribution in [0.1, 0.15) is 30.3 Å². The Balaban J connectivity index is 0.00000112. The third kappa shape index (κ3) is 2.72. The predicted octanol–water partition coefficient (Wildman–Crippen LogP) is 2.44. The molecule has 0 fully saturated rings. The third-order valence-corrected chi connectivity index (χ3v) is 3.92. The zero-order valence-corrected chi connectivity index (χ0v) is 10.9. The van der Waals surface area contributed by atoms with Gasteiger partial charge in [0.25, 0.3) is 0 Å². The van der Waals surface area contributed by atoms with E-state index in [9.17, 15) is 0 Å². The van der Waals surface area contributed by atoms with Crippen molar-refractivity contribution in [2.24, 2.45) is 5.73 Å². The quantitative estimate of drug-likeness (QED) is 0.869. The summed E-state index contributed by atoms with van der Waals surface area (Å²) < 4.78 is 0. The molecular formula is C11H19ClN2S. The Morgan fingerprint density at radius 2 is 2.40 bits per heavy atom. The van der Waals surface area contributed by atoms with Gasteiger partial charge in [0.1, 0.15) is 0 Å². The van der Waals surface area contributed by atoms with E-state index >= 15 is 0 Å². The minimum atomic E-state index is 0. The highest BCUT2D eigenvalue weighted by molar-refractivity contribution is 7.10. The molecule has 0 saturated heterocycles. The summed E-state index contributed by atoms with van der Waals surface area (Å²) in [6, 6.07) is 3.09. The van der Waals surface area contributed by atoms with Crippen LogP contribution >= 0.6 is 23.7 Å². The minimum absolute atomic E-state index is 0. The first kappa shape index (κ1) is 13.0. The number of hydrogen-bond donors (Lipinski definition) is 1. The van der Waals surface area contributed by atoms with Crippen molar-refractivity contribution in [3.05, 3.63) is 21.9 Å². The lowest BCUT2D eigenvalue weighted by molar-refractivity contribution is 0.191. The molecule has 1 aromatic heterocycles. The maximum absolute atomic E-state index is 5.84. The lowest BCUT2D eigenvalue weighted by Crippen LogP contribution is -2.40. The Morgan fingerprint density at radius 3 is 3.07 bits per heavy atom. The second-order valence-corrected chi connectivity index (χ2v) is 5.20. The van der Waals surface area contributed by atoms with Crippen LogP contribution in [0.4, 0.5) is 0 Å². The maximum atomic E-state index is 5.84. The molecule has 1 aliphatic heterocycles. The Morgan fingerprint density at radius 1 is 1.67 bits per heavy atom. The monoisotopic (exact) mass is 246 g/mol. The van der Waals surface area contributed by atoms with Crippen LogP contribution in [0.2, 0.25) is 0 Å². The summed E-state index contributed by atoms with van der Waals surface area (Å²) >= 11 is 1.89. The summed E-state index contributed by atoms with van der Waals surface area (Å²) in [5, 5.41) is 2.20. The summed E-state index contributed by atoms with van der Waals surface area (Å²) in [5.74, 6) is 0. The molecule has 0 aliphatic carbocycles. The maximum Gasteiger partial charge on any atom is 0.0331 e. The highest BCUT2D eigenvalue weighted by Gasteiger charge is 2.24. The second kappa shape index (κ2) is 5.30. The molecule has 0 amide bonds. The van der Waals surface area contributed by atoms with E-state index < -0.39 is 0 Å². The van der Waals surface area contributed by atoms with Crippen molar-refractivity contribution in [3.63, 3.8) is 0 Å². The smallest absolute Gasteiger partial charge is 0.0331 e. The van der Waals surface area contributed by atoms with Crippen LogP contribution in [0.15, 0.2) is 11.4 Å². The summed E-state index contributed by atoms with van der Waals surface area (Å²) in [6.07, 6.45) is 1.20. The molecular weight excluding hydrogens is 228 g/mol. The first-order chi connectivity index (χ1) is 6.68. The zero-order chi connectivity index (χ0) is 10.1. The number of nitrogens with zero attached hydrogens (tertiary/aromatic N) is 1. The van der Waals surface area contributed by atoms with Gasteiger partial charge in [-0.2, -0.15) is 0 Å². The van der Waals surface area contributed by atoms with E-state index in [2.05, 4.69) is 30.2 Å². The molecule has 0 radical (unpaired) electrons. The van der Waals surface area contributed by atoms with E-state index in [1.165, 1.54) is 12.0 Å². The van der Waals surface area contributed by atoms with Crippen LogP contribution in [0.25, 0.3) is 0 Å². The number of halogens is 1. The average Bonchev–Trinajstić information content (AvgIpc) is 2.57. The fraction of sp³-hybridized carbons (Fsp3) is 0.636. The third-order valence-electron chi connectivity index (χ3n) is 2.93. The van der Waals surface area contributed by atoms with Crippen LogP contribution in [0.5, 0.6) is 0 Å². The summed E-state index contributed by atoms with van der Waals surface area (Å²) in [4.78, 5) is 4.05. The second-order valence-electron chi connectivity index (χ2n) is 4.20. The van der Waals surface area contributed by atoms with Gasteiger partial charge in [0.2, 0.25) is 0 Å². The van der Waals surface area contributed by atoms with Crippen molar-refractivity contribution in [1.29, 1.82) is 0 Å². The van der Waals surface area contributed by atoms with Gasteiger partial charge in [-0.3, -0.25) is 4.90 Å². The number of hydrogen-bond acceptors (Lipinski definition) is 3. The van der Waals surface area contributed by atoms with Gasteiger partial charge in [0, 0.05) is 30.1 Å². The van der Waals surface area contributed by atoms with Crippen molar-refractivity contribution in [2.45, 2.75) is 32.4 Å². The fourth-order valence-corrected chi connectivity index (χ4v) is 3.14. The van der Waals surface area contributed by atoms with E-state index in [1.54, 1.807) is 4.88 Å². The van der Waals surface area contributed by atoms with Crippen molar-refractivity contribution >= 4 is 23.7 Å². The molecule has 0 saturated carbocycles. The highest BCUT2D eigenvalue weighted by Crippen LogP contribution is 2.32. The molecule has 1 aliphatic rings. The van der Waals surface area contributed by atoms with Crippen LogP contribution in [0, 0.1) is 0 Å². The zero-order valence-electron chi connectivity index (χ0n) is 9.27. The average molecular weight is 247 g/mol. The Labute approximate surface area is 102 Å². The summed E-state index contributed by atoms with van der Waals surface area (Å²) in [7, 11) is 0. The molecule has 2 unspecified atom stereocenters. The van der Waals surface area contributed by atoms with Crippen LogP contribution < -0.4 is 5.73 Å². The van der Waals surface area contributed by atoms with Crippen LogP contribution in [-0.4, -0.2) is 24.0 Å². The molecule has 4 heteroatoms. The molecule has 2 heterocycles. The SMILES string of the molecule is CC(N)CN1CCc2sccc2C1C.Cl. The molecule has 2 atom stereocenters. The Hall–Kier alpha value is -0.0900.